The number of carbonyl (C=O) groups is 2. The van der Waals surface area contributed by atoms with Crippen LogP contribution in [0.15, 0.2) is 5.38 Å². The Hall–Kier alpha value is -1.47. The molecule has 1 aromatic rings. The molecular formula is C15H24N2O4S. The van der Waals surface area contributed by atoms with Crippen molar-refractivity contribution in [2.75, 3.05) is 13.7 Å². The number of carbonyl (C=O) groups excluding carboxylic acids is 1. The molecule has 1 aromatic heterocycles. The van der Waals surface area contributed by atoms with Crippen molar-refractivity contribution >= 4 is 23.2 Å². The lowest BCUT2D eigenvalue weighted by molar-refractivity contribution is -0.139. The van der Waals surface area contributed by atoms with Crippen LogP contribution in [0.3, 0.4) is 0 Å². The Bertz CT molecular complexity index is 536. The molecule has 7 heteroatoms. The normalized spacial score (nSPS) is 14.4. The van der Waals surface area contributed by atoms with E-state index >= 15 is 0 Å². The molecular weight excluding hydrogens is 304 g/mol. The molecule has 1 rings (SSSR count). The van der Waals surface area contributed by atoms with Gasteiger partial charge in [-0.1, -0.05) is 20.8 Å². The van der Waals surface area contributed by atoms with Crippen molar-refractivity contribution < 1.29 is 19.4 Å². The van der Waals surface area contributed by atoms with E-state index < -0.39 is 11.5 Å². The van der Waals surface area contributed by atoms with Gasteiger partial charge in [-0.05, 0) is 6.92 Å². The molecule has 1 unspecified atom stereocenters. The number of thiazole rings is 1. The third kappa shape index (κ3) is 5.73. The van der Waals surface area contributed by atoms with Gasteiger partial charge in [0.1, 0.15) is 0 Å². The molecule has 6 nitrogen and oxygen atoms in total. The molecule has 0 aromatic carbocycles. The largest absolute Gasteiger partial charge is 0.481 e. The second-order valence-corrected chi connectivity index (χ2v) is 7.54. The number of nitrogens with zero attached hydrogens (tertiary/aromatic N) is 1. The Labute approximate surface area is 134 Å². The van der Waals surface area contributed by atoms with Crippen LogP contribution in [-0.4, -0.2) is 41.2 Å². The van der Waals surface area contributed by atoms with Crippen molar-refractivity contribution in [2.45, 2.75) is 51.5 Å². The predicted octanol–water partition coefficient (Wildman–Crippen LogP) is 1.98. The zero-order chi connectivity index (χ0) is 17.0. The fraction of sp³-hybridized carbons (Fsp3) is 0.667. The number of aliphatic carboxylic acids is 1. The third-order valence-corrected chi connectivity index (χ3v) is 4.30. The van der Waals surface area contributed by atoms with Crippen molar-refractivity contribution in [1.29, 1.82) is 0 Å². The smallest absolute Gasteiger partial charge is 0.305 e. The molecule has 0 spiro atoms. The summed E-state index contributed by atoms with van der Waals surface area (Å²) in [6.45, 7) is 7.99. The van der Waals surface area contributed by atoms with Crippen molar-refractivity contribution in [2.24, 2.45) is 0 Å². The van der Waals surface area contributed by atoms with Gasteiger partial charge in [-0.3, -0.25) is 9.59 Å². The van der Waals surface area contributed by atoms with E-state index in [1.54, 1.807) is 6.92 Å². The number of aromatic nitrogens is 1. The van der Waals surface area contributed by atoms with Gasteiger partial charge in [-0.15, -0.1) is 11.3 Å². The highest BCUT2D eigenvalue weighted by Crippen LogP contribution is 2.25. The maximum Gasteiger partial charge on any atom is 0.305 e. The van der Waals surface area contributed by atoms with E-state index in [0.717, 1.165) is 5.01 Å². The molecule has 1 heterocycles. The standard InChI is InChI=1S/C15H24N2O4S/c1-14(2,3)13-16-10(8-22-13)6-11(18)17-15(4,9-21-5)7-12(19)20/h8H,6-7,9H2,1-5H3,(H,17,18)(H,19,20). The van der Waals surface area contributed by atoms with E-state index in [1.807, 2.05) is 5.38 Å². The first-order valence-electron chi connectivity index (χ1n) is 7.02. The molecule has 22 heavy (non-hydrogen) atoms. The molecule has 0 aliphatic heterocycles. The van der Waals surface area contributed by atoms with Crippen molar-refractivity contribution in [3.05, 3.63) is 16.1 Å². The molecule has 1 atom stereocenters. The van der Waals surface area contributed by atoms with E-state index in [0.29, 0.717) is 5.69 Å². The summed E-state index contributed by atoms with van der Waals surface area (Å²) < 4.78 is 5.02. The quantitative estimate of drug-likeness (QED) is 0.799. The second kappa shape index (κ2) is 7.19. The number of nitrogens with one attached hydrogen (secondary N) is 1. The first-order valence-corrected chi connectivity index (χ1v) is 7.90. The summed E-state index contributed by atoms with van der Waals surface area (Å²) in [5.74, 6) is -1.24. The minimum Gasteiger partial charge on any atom is -0.481 e. The summed E-state index contributed by atoms with van der Waals surface area (Å²) in [5, 5.41) is 14.5. The van der Waals surface area contributed by atoms with Crippen LogP contribution in [-0.2, 0) is 26.2 Å². The average molecular weight is 328 g/mol. The highest BCUT2D eigenvalue weighted by atomic mass is 32.1. The Morgan fingerprint density at radius 2 is 2.00 bits per heavy atom. The summed E-state index contributed by atoms with van der Waals surface area (Å²) in [7, 11) is 1.47. The van der Waals surface area contributed by atoms with Crippen molar-refractivity contribution in [3.63, 3.8) is 0 Å². The minimum absolute atomic E-state index is 0.0483. The molecule has 0 saturated carbocycles. The van der Waals surface area contributed by atoms with Crippen LogP contribution in [0.25, 0.3) is 0 Å². The van der Waals surface area contributed by atoms with Gasteiger partial charge in [0, 0.05) is 17.9 Å². The topological polar surface area (TPSA) is 88.5 Å². The van der Waals surface area contributed by atoms with Gasteiger partial charge in [0.25, 0.3) is 0 Å². The monoisotopic (exact) mass is 328 g/mol. The maximum absolute atomic E-state index is 12.1. The molecule has 0 radical (unpaired) electrons. The van der Waals surface area contributed by atoms with Crippen LogP contribution in [0.5, 0.6) is 0 Å². The van der Waals surface area contributed by atoms with Crippen LogP contribution in [0.4, 0.5) is 0 Å². The van der Waals surface area contributed by atoms with E-state index in [-0.39, 0.29) is 30.8 Å². The molecule has 0 fully saturated rings. The van der Waals surface area contributed by atoms with E-state index in [4.69, 9.17) is 9.84 Å². The molecule has 0 aliphatic rings. The lowest BCUT2D eigenvalue weighted by Gasteiger charge is -2.28. The van der Waals surface area contributed by atoms with E-state index in [2.05, 4.69) is 31.1 Å². The zero-order valence-electron chi connectivity index (χ0n) is 13.7. The fourth-order valence-corrected chi connectivity index (χ4v) is 2.97. The Morgan fingerprint density at radius 1 is 1.36 bits per heavy atom. The number of carboxylic acids is 1. The Balaban J connectivity index is 2.71. The van der Waals surface area contributed by atoms with Gasteiger partial charge in [-0.2, -0.15) is 0 Å². The SMILES string of the molecule is COCC(C)(CC(=O)O)NC(=O)Cc1csc(C(C)(C)C)n1. The van der Waals surface area contributed by atoms with Gasteiger partial charge in [0.2, 0.25) is 5.91 Å². The van der Waals surface area contributed by atoms with E-state index in [9.17, 15) is 9.59 Å². The number of amides is 1. The van der Waals surface area contributed by atoms with E-state index in [1.165, 1.54) is 18.4 Å². The molecule has 0 aliphatic carbocycles. The lowest BCUT2D eigenvalue weighted by Crippen LogP contribution is -2.51. The summed E-state index contributed by atoms with van der Waals surface area (Å²) in [5.41, 5.74) is -0.282. The summed E-state index contributed by atoms with van der Waals surface area (Å²) in [4.78, 5) is 27.5. The highest BCUT2D eigenvalue weighted by Gasteiger charge is 2.30. The van der Waals surface area contributed by atoms with Crippen LogP contribution in [0.2, 0.25) is 0 Å². The van der Waals surface area contributed by atoms with Crippen molar-refractivity contribution in [1.82, 2.24) is 10.3 Å². The van der Waals surface area contributed by atoms with Gasteiger partial charge < -0.3 is 15.2 Å². The number of hydrogen-bond donors (Lipinski definition) is 2. The van der Waals surface area contributed by atoms with Crippen molar-refractivity contribution in [3.8, 4) is 0 Å². The van der Waals surface area contributed by atoms with Gasteiger partial charge in [-0.25, -0.2) is 4.98 Å². The summed E-state index contributed by atoms with van der Waals surface area (Å²) >= 11 is 1.53. The number of ether oxygens (including phenoxy) is 1. The molecule has 2 N–H and O–H groups in total. The predicted molar refractivity (Wildman–Crippen MR) is 85.2 cm³/mol. The average Bonchev–Trinajstić information content (AvgIpc) is 2.75. The van der Waals surface area contributed by atoms with Crippen LogP contribution in [0.1, 0.15) is 44.8 Å². The van der Waals surface area contributed by atoms with Crippen LogP contribution >= 0.6 is 11.3 Å². The lowest BCUT2D eigenvalue weighted by atomic mass is 9.98. The molecule has 0 bridgehead atoms. The van der Waals surface area contributed by atoms with Gasteiger partial charge >= 0.3 is 5.97 Å². The highest BCUT2D eigenvalue weighted by molar-refractivity contribution is 7.09. The number of carboxylic acid groups (broad SMARTS) is 1. The Kier molecular flexibility index (Phi) is 6.08. The summed E-state index contributed by atoms with van der Waals surface area (Å²) in [6.07, 6.45) is -0.0671. The summed E-state index contributed by atoms with van der Waals surface area (Å²) in [6, 6.07) is 0. The molecule has 124 valence electrons. The van der Waals surface area contributed by atoms with Gasteiger partial charge in [0.05, 0.1) is 35.7 Å². The van der Waals surface area contributed by atoms with Crippen LogP contribution in [0, 0.1) is 0 Å². The number of hydrogen-bond acceptors (Lipinski definition) is 5. The number of methoxy groups -OCH3 is 1. The first-order chi connectivity index (χ1) is 10.1. The zero-order valence-corrected chi connectivity index (χ0v) is 14.5. The molecule has 0 saturated heterocycles. The Morgan fingerprint density at radius 3 is 2.45 bits per heavy atom. The maximum atomic E-state index is 12.1. The second-order valence-electron chi connectivity index (χ2n) is 6.68. The van der Waals surface area contributed by atoms with Crippen LogP contribution < -0.4 is 5.32 Å². The van der Waals surface area contributed by atoms with Gasteiger partial charge in [0.15, 0.2) is 0 Å². The first kappa shape index (κ1) is 18.6. The third-order valence-electron chi connectivity index (χ3n) is 2.98. The fourth-order valence-electron chi connectivity index (χ4n) is 2.06. The molecule has 1 amide bonds. The number of rotatable bonds is 7. The minimum atomic E-state index is -0.983.